The summed E-state index contributed by atoms with van der Waals surface area (Å²) in [7, 11) is 0. The Balaban J connectivity index is 1.79. The molecule has 0 saturated carbocycles. The molecule has 92 valence electrons. The number of ether oxygens (including phenoxy) is 1. The van der Waals surface area contributed by atoms with Crippen molar-refractivity contribution in [3.63, 3.8) is 0 Å². The maximum atomic E-state index is 11.9. The predicted octanol–water partition coefficient (Wildman–Crippen LogP) is 0.479. The van der Waals surface area contributed by atoms with Crippen molar-refractivity contribution >= 4 is 5.91 Å². The van der Waals surface area contributed by atoms with Crippen LogP contribution in [0.2, 0.25) is 0 Å². The fourth-order valence-electron chi connectivity index (χ4n) is 2.59. The molecule has 0 spiro atoms. The largest absolute Gasteiger partial charge is 0.369 e. The van der Waals surface area contributed by atoms with Crippen molar-refractivity contribution in [1.29, 1.82) is 0 Å². The van der Waals surface area contributed by atoms with Crippen molar-refractivity contribution in [2.24, 2.45) is 11.8 Å². The number of carbonyl (C=O) groups is 1. The van der Waals surface area contributed by atoms with Crippen molar-refractivity contribution in [3.05, 3.63) is 0 Å². The molecule has 2 rings (SSSR count). The fraction of sp³-hybridized carbons (Fsp3) is 0.917. The summed E-state index contributed by atoms with van der Waals surface area (Å²) < 4.78 is 5.36. The summed E-state index contributed by atoms with van der Waals surface area (Å²) in [6.07, 6.45) is 1.28. The topological polar surface area (TPSA) is 41.6 Å². The van der Waals surface area contributed by atoms with Gasteiger partial charge in [-0.25, -0.2) is 0 Å². The minimum Gasteiger partial charge on any atom is -0.369 e. The Labute approximate surface area is 97.3 Å². The van der Waals surface area contributed by atoms with Gasteiger partial charge in [0.1, 0.15) is 6.61 Å². The first-order chi connectivity index (χ1) is 7.66. The second-order valence-electron chi connectivity index (χ2n) is 5.17. The number of piperidine rings is 1. The number of rotatable bonds is 3. The molecule has 16 heavy (non-hydrogen) atoms. The van der Waals surface area contributed by atoms with Crippen LogP contribution in [0.3, 0.4) is 0 Å². The third kappa shape index (κ3) is 2.74. The molecule has 2 aliphatic heterocycles. The average Bonchev–Trinajstić information content (AvgIpc) is 2.72. The van der Waals surface area contributed by atoms with Crippen LogP contribution in [0.1, 0.15) is 20.3 Å². The summed E-state index contributed by atoms with van der Waals surface area (Å²) in [5.74, 6) is 1.60. The maximum Gasteiger partial charge on any atom is 0.248 e. The zero-order valence-corrected chi connectivity index (χ0v) is 10.2. The normalized spacial score (nSPS) is 29.6. The van der Waals surface area contributed by atoms with Crippen LogP contribution in [0.25, 0.3) is 0 Å². The molecule has 2 heterocycles. The molecule has 4 heteroatoms. The minimum atomic E-state index is 0.134. The Kier molecular flexibility index (Phi) is 3.82. The van der Waals surface area contributed by atoms with Crippen molar-refractivity contribution < 1.29 is 9.53 Å². The Hall–Kier alpha value is -0.610. The first-order valence-corrected chi connectivity index (χ1v) is 6.27. The minimum absolute atomic E-state index is 0.134. The van der Waals surface area contributed by atoms with Gasteiger partial charge in [-0.1, -0.05) is 0 Å². The van der Waals surface area contributed by atoms with Crippen molar-refractivity contribution in [2.75, 3.05) is 32.8 Å². The summed E-state index contributed by atoms with van der Waals surface area (Å²) in [5.41, 5.74) is 0. The van der Waals surface area contributed by atoms with Gasteiger partial charge < -0.3 is 15.0 Å². The first kappa shape index (κ1) is 11.9. The Morgan fingerprint density at radius 1 is 1.44 bits per heavy atom. The summed E-state index contributed by atoms with van der Waals surface area (Å²) in [4.78, 5) is 13.8. The molecule has 2 aliphatic rings. The smallest absolute Gasteiger partial charge is 0.248 e. The first-order valence-electron chi connectivity index (χ1n) is 6.27. The molecule has 0 aromatic heterocycles. The van der Waals surface area contributed by atoms with E-state index in [2.05, 4.69) is 5.32 Å². The van der Waals surface area contributed by atoms with Crippen LogP contribution in [0.15, 0.2) is 0 Å². The van der Waals surface area contributed by atoms with E-state index >= 15 is 0 Å². The summed E-state index contributed by atoms with van der Waals surface area (Å²) in [6.45, 7) is 8.18. The Morgan fingerprint density at radius 2 is 2.19 bits per heavy atom. The van der Waals surface area contributed by atoms with E-state index in [-0.39, 0.29) is 18.6 Å². The third-order valence-electron chi connectivity index (χ3n) is 3.60. The molecule has 2 saturated heterocycles. The predicted molar refractivity (Wildman–Crippen MR) is 62.1 cm³/mol. The molecule has 1 amide bonds. The van der Waals surface area contributed by atoms with E-state index < -0.39 is 0 Å². The van der Waals surface area contributed by atoms with E-state index in [1.54, 1.807) is 0 Å². The van der Waals surface area contributed by atoms with Crippen LogP contribution >= 0.6 is 0 Å². The number of hydrogen-bond donors (Lipinski definition) is 1. The lowest BCUT2D eigenvalue weighted by Crippen LogP contribution is -2.45. The van der Waals surface area contributed by atoms with Gasteiger partial charge in [-0.2, -0.15) is 0 Å². The van der Waals surface area contributed by atoms with Gasteiger partial charge in [-0.15, -0.1) is 0 Å². The van der Waals surface area contributed by atoms with Gasteiger partial charge >= 0.3 is 0 Å². The van der Waals surface area contributed by atoms with Crippen molar-refractivity contribution in [2.45, 2.75) is 26.4 Å². The van der Waals surface area contributed by atoms with E-state index in [9.17, 15) is 4.79 Å². The van der Waals surface area contributed by atoms with Gasteiger partial charge in [0.2, 0.25) is 5.91 Å². The summed E-state index contributed by atoms with van der Waals surface area (Å²) in [5, 5.41) is 3.40. The molecule has 0 radical (unpaired) electrons. The summed E-state index contributed by atoms with van der Waals surface area (Å²) >= 11 is 0. The van der Waals surface area contributed by atoms with E-state index in [0.29, 0.717) is 5.92 Å². The van der Waals surface area contributed by atoms with Gasteiger partial charge in [-0.3, -0.25) is 4.79 Å². The van der Waals surface area contributed by atoms with Crippen LogP contribution in [-0.2, 0) is 9.53 Å². The molecular weight excluding hydrogens is 204 g/mol. The van der Waals surface area contributed by atoms with Gasteiger partial charge in [0.25, 0.3) is 0 Å². The van der Waals surface area contributed by atoms with E-state index in [0.717, 1.165) is 38.5 Å². The number of fused-ring (bicyclic) bond motifs is 1. The monoisotopic (exact) mass is 226 g/mol. The molecular formula is C12H22N2O2. The number of amides is 1. The highest BCUT2D eigenvalue weighted by Gasteiger charge is 2.34. The van der Waals surface area contributed by atoms with E-state index in [1.165, 1.54) is 0 Å². The molecule has 0 aromatic carbocycles. The number of hydrogen-bond acceptors (Lipinski definition) is 3. The molecule has 2 fully saturated rings. The average molecular weight is 226 g/mol. The lowest BCUT2D eigenvalue weighted by Gasteiger charge is -2.34. The molecule has 4 nitrogen and oxygen atoms in total. The lowest BCUT2D eigenvalue weighted by atomic mass is 9.89. The number of nitrogens with zero attached hydrogens (tertiary/aromatic N) is 1. The lowest BCUT2D eigenvalue weighted by molar-refractivity contribution is -0.139. The zero-order chi connectivity index (χ0) is 11.5. The van der Waals surface area contributed by atoms with Gasteiger partial charge in [0.15, 0.2) is 0 Å². The Bertz CT molecular complexity index is 255. The van der Waals surface area contributed by atoms with Gasteiger partial charge in [0, 0.05) is 13.1 Å². The van der Waals surface area contributed by atoms with Gasteiger partial charge in [-0.05, 0) is 45.2 Å². The third-order valence-corrected chi connectivity index (χ3v) is 3.60. The quantitative estimate of drug-likeness (QED) is 0.761. The maximum absolute atomic E-state index is 11.9. The van der Waals surface area contributed by atoms with Crippen LogP contribution < -0.4 is 5.32 Å². The second kappa shape index (κ2) is 5.15. The number of nitrogens with one attached hydrogen (secondary N) is 1. The highest BCUT2D eigenvalue weighted by Crippen LogP contribution is 2.26. The molecule has 0 aromatic rings. The van der Waals surface area contributed by atoms with Crippen LogP contribution in [0.5, 0.6) is 0 Å². The van der Waals surface area contributed by atoms with Crippen LogP contribution in [0, 0.1) is 11.8 Å². The van der Waals surface area contributed by atoms with Crippen LogP contribution in [0.4, 0.5) is 0 Å². The van der Waals surface area contributed by atoms with Gasteiger partial charge in [0.05, 0.1) is 6.10 Å². The summed E-state index contributed by atoms with van der Waals surface area (Å²) in [6, 6.07) is 0. The standard InChI is InChI=1S/C12H22N2O2/c1-9(2)16-8-12(15)14-4-3-10-5-13-6-11(10)7-14/h9-11,13H,3-8H2,1-2H3. The number of carbonyl (C=O) groups excluding carboxylic acids is 1. The highest BCUT2D eigenvalue weighted by molar-refractivity contribution is 5.77. The van der Waals surface area contributed by atoms with Crippen LogP contribution in [-0.4, -0.2) is 49.7 Å². The molecule has 2 unspecified atom stereocenters. The van der Waals surface area contributed by atoms with E-state index in [1.807, 2.05) is 18.7 Å². The SMILES string of the molecule is CC(C)OCC(=O)N1CCC2CNCC2C1. The molecule has 0 aliphatic carbocycles. The number of likely N-dealkylation sites (tertiary alicyclic amines) is 1. The fourth-order valence-corrected chi connectivity index (χ4v) is 2.59. The molecule has 2 atom stereocenters. The van der Waals surface area contributed by atoms with Crippen molar-refractivity contribution in [1.82, 2.24) is 10.2 Å². The zero-order valence-electron chi connectivity index (χ0n) is 10.2. The van der Waals surface area contributed by atoms with Crippen molar-refractivity contribution in [3.8, 4) is 0 Å². The second-order valence-corrected chi connectivity index (χ2v) is 5.17. The Morgan fingerprint density at radius 3 is 2.94 bits per heavy atom. The molecule has 1 N–H and O–H groups in total. The molecule has 0 bridgehead atoms. The van der Waals surface area contributed by atoms with E-state index in [4.69, 9.17) is 4.74 Å². The highest BCUT2D eigenvalue weighted by atomic mass is 16.5.